The van der Waals surface area contributed by atoms with Crippen LogP contribution in [0.5, 0.6) is 11.5 Å². The van der Waals surface area contributed by atoms with Crippen LogP contribution in [0.25, 0.3) is 0 Å². The Bertz CT molecular complexity index is 359. The van der Waals surface area contributed by atoms with Gasteiger partial charge in [-0.2, -0.15) is 0 Å². The lowest BCUT2D eigenvalue weighted by Crippen LogP contribution is -2.37. The van der Waals surface area contributed by atoms with Gasteiger partial charge in [0.05, 0.1) is 7.11 Å². The fourth-order valence-corrected chi connectivity index (χ4v) is 1.58. The molecule has 0 aromatic heterocycles. The van der Waals surface area contributed by atoms with Crippen molar-refractivity contribution in [1.29, 1.82) is 0 Å². The molecule has 0 bridgehead atoms. The molecule has 0 aliphatic heterocycles. The zero-order valence-corrected chi connectivity index (χ0v) is 11.5. The van der Waals surface area contributed by atoms with Crippen LogP contribution in [0, 0.1) is 0 Å². The van der Waals surface area contributed by atoms with Gasteiger partial charge in [0.15, 0.2) is 0 Å². The highest BCUT2D eigenvalue weighted by molar-refractivity contribution is 5.32. The Morgan fingerprint density at radius 2 is 2.05 bits per heavy atom. The summed E-state index contributed by atoms with van der Waals surface area (Å²) in [6, 6.07) is 7.44. The second-order valence-electron chi connectivity index (χ2n) is 4.47. The van der Waals surface area contributed by atoms with Gasteiger partial charge in [-0.3, -0.25) is 0 Å². The third-order valence-electron chi connectivity index (χ3n) is 2.75. The van der Waals surface area contributed by atoms with E-state index in [0.717, 1.165) is 5.75 Å². The van der Waals surface area contributed by atoms with Crippen LogP contribution in [0.3, 0.4) is 0 Å². The highest BCUT2D eigenvalue weighted by Crippen LogP contribution is 2.18. The fraction of sp³-hybridized carbons (Fsp3) is 0.571. The minimum Gasteiger partial charge on any atom is -0.497 e. The number of aliphatic hydroxyl groups excluding tert-OH is 2. The van der Waals surface area contributed by atoms with E-state index < -0.39 is 6.10 Å². The van der Waals surface area contributed by atoms with Crippen molar-refractivity contribution in [3.63, 3.8) is 0 Å². The van der Waals surface area contributed by atoms with E-state index in [4.69, 9.17) is 14.6 Å². The summed E-state index contributed by atoms with van der Waals surface area (Å²) in [6.07, 6.45) is 0.0797. The molecule has 2 atom stereocenters. The highest BCUT2D eigenvalue weighted by atomic mass is 16.5. The molecule has 0 saturated heterocycles. The van der Waals surface area contributed by atoms with Crippen LogP contribution in [0.15, 0.2) is 24.3 Å². The molecule has 1 aromatic rings. The molecule has 0 radical (unpaired) electrons. The maximum Gasteiger partial charge on any atom is 0.123 e. The molecule has 0 aliphatic rings. The molecule has 1 rings (SSSR count). The Hall–Kier alpha value is -1.30. The van der Waals surface area contributed by atoms with Gasteiger partial charge in [-0.25, -0.2) is 0 Å². The summed E-state index contributed by atoms with van der Waals surface area (Å²) in [5.41, 5.74) is 0. The van der Waals surface area contributed by atoms with Gasteiger partial charge in [-0.1, -0.05) is 6.07 Å². The zero-order valence-electron chi connectivity index (χ0n) is 11.5. The minimum absolute atomic E-state index is 0.143. The maximum atomic E-state index is 9.77. The van der Waals surface area contributed by atoms with Crippen molar-refractivity contribution < 1.29 is 19.7 Å². The second kappa shape index (κ2) is 8.74. The van der Waals surface area contributed by atoms with Gasteiger partial charge < -0.3 is 25.0 Å². The van der Waals surface area contributed by atoms with Crippen LogP contribution in [-0.2, 0) is 0 Å². The number of rotatable bonds is 9. The lowest BCUT2D eigenvalue weighted by atomic mass is 10.2. The van der Waals surface area contributed by atoms with Crippen molar-refractivity contribution in [1.82, 2.24) is 5.32 Å². The van der Waals surface area contributed by atoms with E-state index in [0.29, 0.717) is 18.7 Å². The van der Waals surface area contributed by atoms with Crippen LogP contribution < -0.4 is 14.8 Å². The van der Waals surface area contributed by atoms with E-state index in [1.807, 2.05) is 25.1 Å². The van der Waals surface area contributed by atoms with Crippen LogP contribution in [0.1, 0.15) is 13.3 Å². The number of nitrogens with one attached hydrogen (secondary N) is 1. The maximum absolute atomic E-state index is 9.77. The molecule has 1 aromatic carbocycles. The van der Waals surface area contributed by atoms with Crippen molar-refractivity contribution in [2.45, 2.75) is 25.5 Å². The van der Waals surface area contributed by atoms with Gasteiger partial charge in [0.1, 0.15) is 24.2 Å². The summed E-state index contributed by atoms with van der Waals surface area (Å²) < 4.78 is 10.6. The molecule has 3 N–H and O–H groups in total. The number of hydrogen-bond donors (Lipinski definition) is 3. The zero-order chi connectivity index (χ0) is 14.1. The first kappa shape index (κ1) is 15.8. The fourth-order valence-electron chi connectivity index (χ4n) is 1.58. The average molecular weight is 269 g/mol. The molecule has 5 nitrogen and oxygen atoms in total. The Balaban J connectivity index is 2.27. The van der Waals surface area contributed by atoms with Crippen molar-refractivity contribution in [2.75, 3.05) is 26.9 Å². The van der Waals surface area contributed by atoms with Gasteiger partial charge in [-0.15, -0.1) is 0 Å². The van der Waals surface area contributed by atoms with E-state index in [9.17, 15) is 5.11 Å². The monoisotopic (exact) mass is 269 g/mol. The van der Waals surface area contributed by atoms with Crippen molar-refractivity contribution >= 4 is 0 Å². The van der Waals surface area contributed by atoms with Crippen LogP contribution >= 0.6 is 0 Å². The smallest absolute Gasteiger partial charge is 0.123 e. The quantitative estimate of drug-likeness (QED) is 0.618. The minimum atomic E-state index is -0.590. The Labute approximate surface area is 114 Å². The molecular formula is C14H23NO4. The molecular weight excluding hydrogens is 246 g/mol. The summed E-state index contributed by atoms with van der Waals surface area (Å²) in [5, 5.41) is 21.7. The van der Waals surface area contributed by atoms with Gasteiger partial charge in [-0.05, 0) is 25.5 Å². The molecule has 5 heteroatoms. The average Bonchev–Trinajstić information content (AvgIpc) is 2.43. The van der Waals surface area contributed by atoms with E-state index in [1.54, 1.807) is 13.2 Å². The molecule has 0 aliphatic carbocycles. The number of hydrogen-bond acceptors (Lipinski definition) is 5. The van der Waals surface area contributed by atoms with Crippen molar-refractivity contribution in [3.05, 3.63) is 24.3 Å². The van der Waals surface area contributed by atoms with Crippen molar-refractivity contribution in [3.8, 4) is 11.5 Å². The summed E-state index contributed by atoms with van der Waals surface area (Å²) in [5.74, 6) is 1.39. The van der Waals surface area contributed by atoms with E-state index in [1.165, 1.54) is 0 Å². The largest absolute Gasteiger partial charge is 0.497 e. The summed E-state index contributed by atoms with van der Waals surface area (Å²) in [7, 11) is 1.60. The van der Waals surface area contributed by atoms with E-state index in [2.05, 4.69) is 5.32 Å². The topological polar surface area (TPSA) is 71.0 Å². The van der Waals surface area contributed by atoms with Crippen LogP contribution in [0.4, 0.5) is 0 Å². The summed E-state index contributed by atoms with van der Waals surface area (Å²) in [4.78, 5) is 0. The van der Waals surface area contributed by atoms with Gasteiger partial charge in [0.25, 0.3) is 0 Å². The number of ether oxygens (including phenoxy) is 2. The summed E-state index contributed by atoms with van der Waals surface area (Å²) >= 11 is 0. The first-order valence-electron chi connectivity index (χ1n) is 6.45. The molecule has 0 fully saturated rings. The molecule has 2 unspecified atom stereocenters. The molecule has 108 valence electrons. The molecule has 0 heterocycles. The third-order valence-corrected chi connectivity index (χ3v) is 2.75. The Morgan fingerprint density at radius 3 is 2.74 bits per heavy atom. The number of methoxy groups -OCH3 is 1. The number of aliphatic hydroxyl groups is 2. The summed E-state index contributed by atoms with van der Waals surface area (Å²) in [6.45, 7) is 2.76. The van der Waals surface area contributed by atoms with E-state index in [-0.39, 0.29) is 19.3 Å². The molecule has 19 heavy (non-hydrogen) atoms. The lowest BCUT2D eigenvalue weighted by Gasteiger charge is -2.17. The van der Waals surface area contributed by atoms with E-state index >= 15 is 0 Å². The predicted molar refractivity (Wildman–Crippen MR) is 73.7 cm³/mol. The lowest BCUT2D eigenvalue weighted by molar-refractivity contribution is 0.103. The normalized spacial score (nSPS) is 13.9. The molecule has 0 amide bonds. The predicted octanol–water partition coefficient (Wildman–Crippen LogP) is 0.795. The first-order chi connectivity index (χ1) is 9.15. The molecule has 0 saturated carbocycles. The van der Waals surface area contributed by atoms with Gasteiger partial charge in [0.2, 0.25) is 0 Å². The van der Waals surface area contributed by atoms with Crippen LogP contribution in [0.2, 0.25) is 0 Å². The SMILES string of the molecule is COc1cccc(OCC(O)CNC(C)CCO)c1. The molecule has 0 spiro atoms. The van der Waals surface area contributed by atoms with Gasteiger partial charge >= 0.3 is 0 Å². The first-order valence-corrected chi connectivity index (χ1v) is 6.45. The Morgan fingerprint density at radius 1 is 1.32 bits per heavy atom. The Kier molecular flexibility index (Phi) is 7.25. The van der Waals surface area contributed by atoms with Crippen molar-refractivity contribution in [2.24, 2.45) is 0 Å². The second-order valence-corrected chi connectivity index (χ2v) is 4.47. The van der Waals surface area contributed by atoms with Gasteiger partial charge in [0, 0.05) is 25.3 Å². The van der Waals surface area contributed by atoms with Crippen LogP contribution in [-0.4, -0.2) is 49.2 Å². The highest BCUT2D eigenvalue weighted by Gasteiger charge is 2.08. The standard InChI is InChI=1S/C14H23NO4/c1-11(6-7-16)15-9-12(17)10-19-14-5-3-4-13(8-14)18-2/h3-5,8,11-12,15-17H,6-7,9-10H2,1-2H3. The number of benzene rings is 1. The third kappa shape index (κ3) is 6.42.